The number of carbonyl (C=O) groups is 1. The van der Waals surface area contributed by atoms with E-state index in [0.717, 1.165) is 5.56 Å². The molecule has 1 N–H and O–H groups in total. The van der Waals surface area contributed by atoms with Crippen molar-refractivity contribution in [2.24, 2.45) is 10.2 Å². The highest BCUT2D eigenvalue weighted by Crippen LogP contribution is 2.21. The maximum atomic E-state index is 13.7. The van der Waals surface area contributed by atoms with Gasteiger partial charge in [-0.05, 0) is 46.4 Å². The Balaban J connectivity index is 2.08. The van der Waals surface area contributed by atoms with Gasteiger partial charge in [0.1, 0.15) is 18.1 Å². The van der Waals surface area contributed by atoms with Crippen LogP contribution < -0.4 is 0 Å². The van der Waals surface area contributed by atoms with E-state index in [9.17, 15) is 14.3 Å². The quantitative estimate of drug-likeness (QED) is 0.274. The van der Waals surface area contributed by atoms with Gasteiger partial charge in [0.05, 0.1) is 6.61 Å². The van der Waals surface area contributed by atoms with Crippen LogP contribution in [0.4, 0.5) is 10.1 Å². The van der Waals surface area contributed by atoms with E-state index >= 15 is 0 Å². The van der Waals surface area contributed by atoms with Gasteiger partial charge in [-0.15, -0.1) is 10.2 Å². The summed E-state index contributed by atoms with van der Waals surface area (Å²) in [6.07, 6.45) is 0. The van der Waals surface area contributed by atoms with Crippen LogP contribution in [-0.2, 0) is 16.1 Å². The molecule has 2 aromatic rings. The average Bonchev–Trinajstić information content (AvgIpc) is 2.57. The number of carbonyl (C=O) groups excluding carboxylic acids is 1. The minimum Gasteiger partial charge on any atom is -0.507 e. The van der Waals surface area contributed by atoms with E-state index in [1.54, 1.807) is 6.07 Å². The van der Waals surface area contributed by atoms with Gasteiger partial charge in [-0.25, -0.2) is 4.39 Å². The molecule has 2 aromatic carbocycles. The van der Waals surface area contributed by atoms with Crippen molar-refractivity contribution in [1.82, 2.24) is 0 Å². The fourth-order valence-electron chi connectivity index (χ4n) is 1.91. The topological polar surface area (TPSA) is 71.2 Å². The van der Waals surface area contributed by atoms with Crippen molar-refractivity contribution in [3.8, 4) is 0 Å². The molecular formula is C18H16FIN2O3. The number of hydrogen-bond donors (Lipinski definition) is 1. The molecule has 2 rings (SSSR count). The molecule has 0 radical (unpaired) electrons. The lowest BCUT2D eigenvalue weighted by atomic mass is 10.2. The molecule has 0 fully saturated rings. The molecular weight excluding hydrogens is 438 g/mol. The molecule has 0 aliphatic rings. The van der Waals surface area contributed by atoms with Crippen LogP contribution in [0, 0.1) is 9.39 Å². The number of halogens is 2. The average molecular weight is 454 g/mol. The Labute approximate surface area is 158 Å². The van der Waals surface area contributed by atoms with Gasteiger partial charge >= 0.3 is 0 Å². The zero-order chi connectivity index (χ0) is 18.2. The third-order valence-electron chi connectivity index (χ3n) is 3.12. The van der Waals surface area contributed by atoms with Crippen LogP contribution in [0.5, 0.6) is 0 Å². The van der Waals surface area contributed by atoms with E-state index < -0.39 is 11.6 Å². The highest BCUT2D eigenvalue weighted by molar-refractivity contribution is 14.1. The second-order valence-electron chi connectivity index (χ2n) is 5.13. The van der Waals surface area contributed by atoms with Crippen molar-refractivity contribution >= 4 is 34.1 Å². The normalized spacial score (nSPS) is 12.3. The molecule has 0 aliphatic carbocycles. The minimum absolute atomic E-state index is 0.0165. The van der Waals surface area contributed by atoms with Gasteiger partial charge < -0.3 is 9.84 Å². The van der Waals surface area contributed by atoms with Crippen molar-refractivity contribution in [1.29, 1.82) is 0 Å². The number of hydrogen-bond acceptors (Lipinski definition) is 5. The predicted molar refractivity (Wildman–Crippen MR) is 100 cm³/mol. The highest BCUT2D eigenvalue weighted by Gasteiger charge is 2.12. The van der Waals surface area contributed by atoms with Crippen LogP contribution in [0.1, 0.15) is 12.5 Å². The first-order chi connectivity index (χ1) is 12.0. The summed E-state index contributed by atoms with van der Waals surface area (Å²) in [5.74, 6) is -1.40. The van der Waals surface area contributed by atoms with Crippen molar-refractivity contribution < 1.29 is 19.0 Å². The fraction of sp³-hybridized carbons (Fsp3) is 0.167. The molecule has 0 saturated heterocycles. The van der Waals surface area contributed by atoms with Crippen LogP contribution in [0.15, 0.2) is 70.2 Å². The van der Waals surface area contributed by atoms with Gasteiger partial charge in [0, 0.05) is 10.5 Å². The Morgan fingerprint density at radius 1 is 1.24 bits per heavy atom. The molecule has 0 spiro atoms. The lowest BCUT2D eigenvalue weighted by Gasteiger charge is -2.05. The summed E-state index contributed by atoms with van der Waals surface area (Å²) in [5, 5.41) is 17.4. The number of ketones is 1. The second kappa shape index (κ2) is 9.38. The summed E-state index contributed by atoms with van der Waals surface area (Å²) in [4.78, 5) is 11.7. The SMILES string of the molecule is CC(=O)C(N=Nc1ccc(I)cc1F)=C(O)COCc1ccccc1. The third-order valence-corrected chi connectivity index (χ3v) is 3.80. The molecule has 7 heteroatoms. The van der Waals surface area contributed by atoms with E-state index in [1.807, 2.05) is 52.9 Å². The first-order valence-corrected chi connectivity index (χ1v) is 8.46. The predicted octanol–water partition coefficient (Wildman–Crippen LogP) is 5.09. The molecule has 0 atom stereocenters. The first kappa shape index (κ1) is 19.2. The number of aliphatic hydroxyl groups is 1. The van der Waals surface area contributed by atoms with Crippen molar-refractivity contribution in [2.75, 3.05) is 6.61 Å². The van der Waals surface area contributed by atoms with E-state index in [0.29, 0.717) is 3.57 Å². The summed E-state index contributed by atoms with van der Waals surface area (Å²) in [7, 11) is 0. The molecule has 0 unspecified atom stereocenters. The Kier molecular flexibility index (Phi) is 7.20. The number of ether oxygens (including phenoxy) is 1. The Hall–Kier alpha value is -2.13. The van der Waals surface area contributed by atoms with Gasteiger partial charge in [0.25, 0.3) is 0 Å². The van der Waals surface area contributed by atoms with Crippen LogP contribution in [0.25, 0.3) is 0 Å². The number of aliphatic hydroxyl groups excluding tert-OH is 1. The summed E-state index contributed by atoms with van der Waals surface area (Å²) in [5.41, 5.74) is 0.658. The summed E-state index contributed by atoms with van der Waals surface area (Å²) < 4.78 is 19.8. The van der Waals surface area contributed by atoms with Crippen LogP contribution in [0.2, 0.25) is 0 Å². The lowest BCUT2D eigenvalue weighted by molar-refractivity contribution is -0.113. The van der Waals surface area contributed by atoms with Gasteiger partial charge in [-0.1, -0.05) is 30.3 Å². The zero-order valence-electron chi connectivity index (χ0n) is 13.4. The van der Waals surface area contributed by atoms with Crippen LogP contribution in [-0.4, -0.2) is 17.5 Å². The van der Waals surface area contributed by atoms with E-state index in [1.165, 1.54) is 19.1 Å². The lowest BCUT2D eigenvalue weighted by Crippen LogP contribution is -2.05. The summed E-state index contributed by atoms with van der Waals surface area (Å²) >= 11 is 1.97. The molecule has 0 bridgehead atoms. The Bertz CT molecular complexity index is 807. The van der Waals surface area contributed by atoms with Crippen molar-refractivity contribution in [3.05, 3.63) is 74.9 Å². The van der Waals surface area contributed by atoms with E-state index in [2.05, 4.69) is 10.2 Å². The summed E-state index contributed by atoms with van der Waals surface area (Å²) in [6.45, 7) is 1.32. The molecule has 0 amide bonds. The first-order valence-electron chi connectivity index (χ1n) is 7.39. The highest BCUT2D eigenvalue weighted by atomic mass is 127. The van der Waals surface area contributed by atoms with Gasteiger partial charge in [-0.2, -0.15) is 0 Å². The van der Waals surface area contributed by atoms with E-state index in [-0.39, 0.29) is 30.4 Å². The van der Waals surface area contributed by atoms with Crippen molar-refractivity contribution in [3.63, 3.8) is 0 Å². The van der Waals surface area contributed by atoms with E-state index in [4.69, 9.17) is 4.74 Å². The summed E-state index contributed by atoms with van der Waals surface area (Å²) in [6, 6.07) is 13.8. The number of Topliss-reactive ketones (excluding diaryl/α,β-unsaturated/α-hetero) is 1. The Morgan fingerprint density at radius 3 is 2.60 bits per heavy atom. The molecule has 25 heavy (non-hydrogen) atoms. The maximum Gasteiger partial charge on any atom is 0.183 e. The number of rotatable bonds is 7. The molecule has 0 saturated carbocycles. The van der Waals surface area contributed by atoms with Crippen molar-refractivity contribution in [2.45, 2.75) is 13.5 Å². The number of azo groups is 1. The van der Waals surface area contributed by atoms with Gasteiger partial charge in [0.15, 0.2) is 17.3 Å². The number of benzene rings is 2. The minimum atomic E-state index is -0.557. The van der Waals surface area contributed by atoms with Crippen LogP contribution >= 0.6 is 22.6 Å². The van der Waals surface area contributed by atoms with Gasteiger partial charge in [0.2, 0.25) is 0 Å². The molecule has 0 aromatic heterocycles. The standard InChI is InChI=1S/C18H16FIN2O3/c1-12(23)18(22-21-16-8-7-14(20)9-15(16)19)17(24)11-25-10-13-5-3-2-4-6-13/h2-9,24H,10-11H2,1H3. The number of nitrogens with zero attached hydrogens (tertiary/aromatic N) is 2. The largest absolute Gasteiger partial charge is 0.507 e. The zero-order valence-corrected chi connectivity index (χ0v) is 15.6. The molecule has 5 nitrogen and oxygen atoms in total. The third kappa shape index (κ3) is 6.02. The smallest absolute Gasteiger partial charge is 0.183 e. The molecule has 0 aliphatic heterocycles. The second-order valence-corrected chi connectivity index (χ2v) is 6.37. The van der Waals surface area contributed by atoms with Crippen LogP contribution in [0.3, 0.4) is 0 Å². The maximum absolute atomic E-state index is 13.7. The fourth-order valence-corrected chi connectivity index (χ4v) is 2.36. The molecule has 130 valence electrons. The Morgan fingerprint density at radius 2 is 1.96 bits per heavy atom. The number of allylic oxidation sites excluding steroid dienone is 1. The molecule has 0 heterocycles. The van der Waals surface area contributed by atoms with Gasteiger partial charge in [-0.3, -0.25) is 4.79 Å². The monoisotopic (exact) mass is 454 g/mol.